The summed E-state index contributed by atoms with van der Waals surface area (Å²) in [6, 6.07) is 7.60. The van der Waals surface area contributed by atoms with E-state index in [-0.39, 0.29) is 0 Å². The van der Waals surface area contributed by atoms with Crippen molar-refractivity contribution in [2.75, 3.05) is 17.7 Å². The largest absolute Gasteiger partial charge is 0.450 e. The molecule has 5 nitrogen and oxygen atoms in total. The minimum atomic E-state index is -0.433. The van der Waals surface area contributed by atoms with Crippen LogP contribution in [0.25, 0.3) is 11.3 Å². The number of ether oxygens (including phenoxy) is 1. The molecule has 3 rings (SSSR count). The summed E-state index contributed by atoms with van der Waals surface area (Å²) in [5.41, 5.74) is 2.73. The quantitative estimate of drug-likeness (QED) is 0.942. The number of thioether (sulfide) groups is 1. The van der Waals surface area contributed by atoms with Crippen LogP contribution in [0.1, 0.15) is 6.92 Å². The maximum atomic E-state index is 11.3. The van der Waals surface area contributed by atoms with Crippen molar-refractivity contribution < 1.29 is 9.53 Å². The highest BCUT2D eigenvalue weighted by Gasteiger charge is 2.15. The summed E-state index contributed by atoms with van der Waals surface area (Å²) in [5.74, 6) is 1.10. The fourth-order valence-corrected chi connectivity index (χ4v) is 3.00. The van der Waals surface area contributed by atoms with Crippen molar-refractivity contribution in [3.8, 4) is 11.3 Å². The first-order chi connectivity index (χ1) is 9.76. The second-order valence-corrected chi connectivity index (χ2v) is 5.44. The Labute approximate surface area is 121 Å². The van der Waals surface area contributed by atoms with Crippen molar-refractivity contribution in [1.29, 1.82) is 0 Å². The lowest BCUT2D eigenvalue weighted by molar-refractivity contribution is 0.168. The molecule has 0 atom stereocenters. The van der Waals surface area contributed by atoms with Crippen LogP contribution in [-0.2, 0) is 11.3 Å². The van der Waals surface area contributed by atoms with E-state index in [4.69, 9.17) is 4.74 Å². The number of fused-ring (bicyclic) bond motifs is 1. The number of carbonyl (C=O) groups is 1. The van der Waals surface area contributed by atoms with Crippen molar-refractivity contribution in [2.24, 2.45) is 0 Å². The van der Waals surface area contributed by atoms with Crippen LogP contribution < -0.4 is 5.32 Å². The van der Waals surface area contributed by atoms with E-state index in [0.29, 0.717) is 12.3 Å². The predicted octanol–water partition coefficient (Wildman–Crippen LogP) is 3.22. The van der Waals surface area contributed by atoms with Crippen LogP contribution in [-0.4, -0.2) is 28.0 Å². The van der Waals surface area contributed by atoms with Gasteiger partial charge in [0.25, 0.3) is 0 Å². The molecule has 1 amide bonds. The molecule has 0 unspecified atom stereocenters. The number of amides is 1. The van der Waals surface area contributed by atoms with Crippen molar-refractivity contribution in [3.63, 3.8) is 0 Å². The molecule has 0 fully saturated rings. The first-order valence-corrected chi connectivity index (χ1v) is 7.49. The van der Waals surface area contributed by atoms with E-state index >= 15 is 0 Å². The van der Waals surface area contributed by atoms with Crippen LogP contribution >= 0.6 is 11.8 Å². The molecular weight excluding hydrogens is 274 g/mol. The van der Waals surface area contributed by atoms with Crippen LogP contribution in [0.15, 0.2) is 35.6 Å². The molecule has 0 radical (unpaired) electrons. The molecule has 2 heterocycles. The number of imidazole rings is 1. The topological polar surface area (TPSA) is 56.1 Å². The summed E-state index contributed by atoms with van der Waals surface area (Å²) in [5, 5.41) is 3.75. The van der Waals surface area contributed by atoms with E-state index in [1.54, 1.807) is 18.7 Å². The third-order valence-electron chi connectivity index (χ3n) is 3.01. The number of benzene rings is 1. The number of carbonyl (C=O) groups excluding carboxylic acids is 1. The summed E-state index contributed by atoms with van der Waals surface area (Å²) < 4.78 is 7.00. The molecule has 1 aliphatic rings. The Hall–Kier alpha value is -1.95. The first-order valence-electron chi connectivity index (χ1n) is 6.50. The van der Waals surface area contributed by atoms with Gasteiger partial charge in [0, 0.05) is 29.7 Å². The number of rotatable bonds is 3. The van der Waals surface area contributed by atoms with Crippen molar-refractivity contribution >= 4 is 23.5 Å². The molecule has 2 aromatic rings. The zero-order valence-electron chi connectivity index (χ0n) is 11.1. The Balaban J connectivity index is 1.73. The highest BCUT2D eigenvalue weighted by Crippen LogP contribution is 2.29. The molecule has 0 spiro atoms. The second kappa shape index (κ2) is 5.58. The molecule has 1 aliphatic heterocycles. The molecule has 0 aliphatic carbocycles. The van der Waals surface area contributed by atoms with Crippen LogP contribution in [0.5, 0.6) is 0 Å². The third kappa shape index (κ3) is 2.65. The lowest BCUT2D eigenvalue weighted by Crippen LogP contribution is -2.13. The van der Waals surface area contributed by atoms with E-state index < -0.39 is 6.09 Å². The van der Waals surface area contributed by atoms with E-state index in [0.717, 1.165) is 28.7 Å². The molecule has 104 valence electrons. The number of hydrogen-bond donors (Lipinski definition) is 1. The van der Waals surface area contributed by atoms with Gasteiger partial charge in [-0.05, 0) is 19.1 Å². The molecule has 1 N–H and O–H groups in total. The highest BCUT2D eigenvalue weighted by molar-refractivity contribution is 7.99. The van der Waals surface area contributed by atoms with E-state index in [1.807, 2.05) is 24.3 Å². The summed E-state index contributed by atoms with van der Waals surface area (Å²) >= 11 is 1.78. The summed E-state index contributed by atoms with van der Waals surface area (Å²) in [6.07, 6.45) is 1.64. The predicted molar refractivity (Wildman–Crippen MR) is 79.0 cm³/mol. The van der Waals surface area contributed by atoms with E-state index in [1.165, 1.54) is 0 Å². The second-order valence-electron chi connectivity index (χ2n) is 4.37. The van der Waals surface area contributed by atoms with Gasteiger partial charge >= 0.3 is 6.09 Å². The number of nitrogens with zero attached hydrogens (tertiary/aromatic N) is 2. The lowest BCUT2D eigenvalue weighted by Gasteiger charge is -2.05. The molecule has 1 aromatic heterocycles. The number of aryl methyl sites for hydroxylation is 1. The Bertz CT molecular complexity index is 600. The van der Waals surface area contributed by atoms with Crippen molar-refractivity contribution in [2.45, 2.75) is 18.6 Å². The highest BCUT2D eigenvalue weighted by atomic mass is 32.2. The third-order valence-corrected chi connectivity index (χ3v) is 3.98. The molecule has 0 saturated heterocycles. The van der Waals surface area contributed by atoms with Gasteiger partial charge in [-0.3, -0.25) is 5.32 Å². The van der Waals surface area contributed by atoms with Crippen LogP contribution in [0.3, 0.4) is 0 Å². The Morgan fingerprint density at radius 1 is 1.45 bits per heavy atom. The maximum Gasteiger partial charge on any atom is 0.411 e. The summed E-state index contributed by atoms with van der Waals surface area (Å²) in [4.78, 5) is 15.9. The normalized spacial score (nSPS) is 13.1. The fourth-order valence-electron chi connectivity index (χ4n) is 2.06. The van der Waals surface area contributed by atoms with Gasteiger partial charge in [-0.15, -0.1) is 0 Å². The minimum Gasteiger partial charge on any atom is -0.450 e. The Morgan fingerprint density at radius 2 is 2.25 bits per heavy atom. The van der Waals surface area contributed by atoms with Gasteiger partial charge in [0.05, 0.1) is 12.3 Å². The number of nitrogens with one attached hydrogen (secondary N) is 1. The minimum absolute atomic E-state index is 0.363. The van der Waals surface area contributed by atoms with Gasteiger partial charge in [0.15, 0.2) is 5.16 Å². The average Bonchev–Trinajstić information content (AvgIpc) is 3.00. The van der Waals surface area contributed by atoms with Gasteiger partial charge in [-0.1, -0.05) is 23.9 Å². The van der Waals surface area contributed by atoms with Crippen LogP contribution in [0, 0.1) is 0 Å². The molecule has 0 bridgehead atoms. The first kappa shape index (κ1) is 13.1. The van der Waals surface area contributed by atoms with Crippen LogP contribution in [0.2, 0.25) is 0 Å². The number of hydrogen-bond acceptors (Lipinski definition) is 4. The van der Waals surface area contributed by atoms with Gasteiger partial charge in [-0.25, -0.2) is 9.78 Å². The number of anilines is 1. The zero-order chi connectivity index (χ0) is 13.9. The van der Waals surface area contributed by atoms with Gasteiger partial charge < -0.3 is 9.30 Å². The standard InChI is InChI=1S/C14H15N3O2S/c1-2-19-14(18)15-11-5-3-10(4-6-11)12-9-17-7-8-20-13(17)16-12/h3-6,9H,2,7-8H2,1H3,(H,15,18). The number of aromatic nitrogens is 2. The molecule has 1 aromatic carbocycles. The Morgan fingerprint density at radius 3 is 2.95 bits per heavy atom. The molecule has 0 saturated carbocycles. The zero-order valence-corrected chi connectivity index (χ0v) is 11.9. The van der Waals surface area contributed by atoms with E-state index in [9.17, 15) is 4.79 Å². The van der Waals surface area contributed by atoms with E-state index in [2.05, 4.69) is 21.1 Å². The fraction of sp³-hybridized carbons (Fsp3) is 0.286. The molecule has 20 heavy (non-hydrogen) atoms. The smallest absolute Gasteiger partial charge is 0.411 e. The van der Waals surface area contributed by atoms with Gasteiger partial charge in [0.1, 0.15) is 0 Å². The van der Waals surface area contributed by atoms with Gasteiger partial charge in [0.2, 0.25) is 0 Å². The van der Waals surface area contributed by atoms with Crippen molar-refractivity contribution in [1.82, 2.24) is 9.55 Å². The summed E-state index contributed by atoms with van der Waals surface area (Å²) in [6.45, 7) is 3.16. The molecular formula is C14H15N3O2S. The van der Waals surface area contributed by atoms with Gasteiger partial charge in [-0.2, -0.15) is 0 Å². The van der Waals surface area contributed by atoms with Crippen LogP contribution in [0.4, 0.5) is 10.5 Å². The summed E-state index contributed by atoms with van der Waals surface area (Å²) in [7, 11) is 0. The maximum absolute atomic E-state index is 11.3. The lowest BCUT2D eigenvalue weighted by atomic mass is 10.1. The SMILES string of the molecule is CCOC(=O)Nc1ccc(-c2cn3c(n2)SCC3)cc1. The monoisotopic (exact) mass is 289 g/mol. The average molecular weight is 289 g/mol. The van der Waals surface area contributed by atoms with Crippen molar-refractivity contribution in [3.05, 3.63) is 30.5 Å². The Kier molecular flexibility index (Phi) is 3.64. The molecule has 6 heteroatoms.